The molecule has 29 heavy (non-hydrogen) atoms. The zero-order valence-corrected chi connectivity index (χ0v) is 17.5. The van der Waals surface area contributed by atoms with Crippen molar-refractivity contribution in [2.75, 3.05) is 59.5 Å². The Morgan fingerprint density at radius 1 is 1.03 bits per heavy atom. The van der Waals surface area contributed by atoms with Crippen LogP contribution in [0.4, 0.5) is 0 Å². The molecule has 1 aromatic rings. The van der Waals surface area contributed by atoms with Crippen LogP contribution in [0.3, 0.4) is 0 Å². The first-order valence-corrected chi connectivity index (χ1v) is 10.8. The van der Waals surface area contributed by atoms with Crippen LogP contribution in [0.5, 0.6) is 5.75 Å². The van der Waals surface area contributed by atoms with Crippen molar-refractivity contribution in [3.05, 3.63) is 29.8 Å². The summed E-state index contributed by atoms with van der Waals surface area (Å²) in [5.74, 6) is 0.878. The number of nitrogens with zero attached hydrogens (tertiary/aromatic N) is 3. The molecule has 162 valence electrons. The fourth-order valence-electron chi connectivity index (χ4n) is 3.89. The Hall–Kier alpha value is -1.67. The molecule has 2 aliphatic heterocycles. The number of rotatable bonds is 2. The summed E-state index contributed by atoms with van der Waals surface area (Å²) in [6, 6.07) is 7.84. The molecule has 3 rings (SSSR count). The predicted molar refractivity (Wildman–Crippen MR) is 112 cm³/mol. The summed E-state index contributed by atoms with van der Waals surface area (Å²) in [7, 11) is 2.10. The third-order valence-electron chi connectivity index (χ3n) is 5.95. The minimum Gasteiger partial charge on any atom is -0.491 e. The van der Waals surface area contributed by atoms with E-state index in [0.717, 1.165) is 56.8 Å². The molecule has 1 aromatic carbocycles. The lowest BCUT2D eigenvalue weighted by atomic mass is 10.1. The van der Waals surface area contributed by atoms with Crippen LogP contribution in [0, 0.1) is 0 Å². The van der Waals surface area contributed by atoms with Gasteiger partial charge in [-0.25, -0.2) is 0 Å². The molecule has 2 aliphatic rings. The number of para-hydroxylation sites is 1. The predicted octanol–water partition coefficient (Wildman–Crippen LogP) is 0.590. The average Bonchev–Trinajstić information content (AvgIpc) is 2.74. The summed E-state index contributed by atoms with van der Waals surface area (Å²) in [5.41, 5.74) is 1.10. The lowest BCUT2D eigenvalue weighted by Gasteiger charge is -2.33. The highest BCUT2D eigenvalue weighted by molar-refractivity contribution is 5.78. The Morgan fingerprint density at radius 3 is 2.59 bits per heavy atom. The molecule has 1 fully saturated rings. The Bertz CT molecular complexity index is 649. The molecule has 0 aliphatic carbocycles. The minimum atomic E-state index is -0.974. The molecule has 1 saturated heterocycles. The molecular formula is C22H35N3O4. The number of amides is 1. The number of aryl methyl sites for hydroxylation is 1. The second kappa shape index (κ2) is 10.9. The SMILES string of the molecule is CN1CCN(CC(=O)N2CCCCc3ccccc3OC[C@@H](O)[C@@H](O)CC2)CC1. The number of carbonyl (C=O) groups is 1. The summed E-state index contributed by atoms with van der Waals surface area (Å²) in [6.07, 6.45) is 1.20. The van der Waals surface area contributed by atoms with Gasteiger partial charge in [-0.1, -0.05) is 18.2 Å². The topological polar surface area (TPSA) is 76.5 Å². The van der Waals surface area contributed by atoms with Gasteiger partial charge in [0.1, 0.15) is 18.5 Å². The maximum atomic E-state index is 12.9. The van der Waals surface area contributed by atoms with Crippen molar-refractivity contribution in [2.45, 2.75) is 37.9 Å². The Kier molecular flexibility index (Phi) is 8.29. The number of aliphatic hydroxyl groups excluding tert-OH is 2. The number of ether oxygens (including phenoxy) is 1. The molecular weight excluding hydrogens is 370 g/mol. The van der Waals surface area contributed by atoms with E-state index in [4.69, 9.17) is 4.74 Å². The van der Waals surface area contributed by atoms with Crippen molar-refractivity contribution < 1.29 is 19.7 Å². The van der Waals surface area contributed by atoms with Crippen LogP contribution >= 0.6 is 0 Å². The fraction of sp³-hybridized carbons (Fsp3) is 0.682. The standard InChI is InChI=1S/C22H35N3O4/c1-23-12-14-24(15-13-23)16-22(28)25-10-5-4-7-18-6-2-3-8-21(18)29-17-20(27)19(26)9-11-25/h2-3,6,8,19-20,26-27H,4-5,7,9-17H2,1H3/t19-,20+/m0/s1. The largest absolute Gasteiger partial charge is 0.491 e. The van der Waals surface area contributed by atoms with E-state index in [2.05, 4.69) is 16.8 Å². The van der Waals surface area contributed by atoms with E-state index in [-0.39, 0.29) is 12.5 Å². The van der Waals surface area contributed by atoms with Gasteiger partial charge >= 0.3 is 0 Å². The molecule has 0 radical (unpaired) electrons. The monoisotopic (exact) mass is 405 g/mol. The van der Waals surface area contributed by atoms with E-state index >= 15 is 0 Å². The summed E-state index contributed by atoms with van der Waals surface area (Å²) in [5, 5.41) is 20.6. The average molecular weight is 406 g/mol. The molecule has 1 amide bonds. The molecule has 0 bridgehead atoms. The molecule has 2 heterocycles. The highest BCUT2D eigenvalue weighted by Gasteiger charge is 2.23. The van der Waals surface area contributed by atoms with Crippen LogP contribution in [-0.4, -0.2) is 102 Å². The maximum absolute atomic E-state index is 12.9. The molecule has 2 atom stereocenters. The Labute approximate surface area is 173 Å². The zero-order valence-electron chi connectivity index (χ0n) is 17.5. The number of hydrogen-bond acceptors (Lipinski definition) is 6. The van der Waals surface area contributed by atoms with Crippen molar-refractivity contribution in [1.29, 1.82) is 0 Å². The first kappa shape index (κ1) is 22.0. The smallest absolute Gasteiger partial charge is 0.236 e. The molecule has 0 aromatic heterocycles. The minimum absolute atomic E-state index is 0.0490. The summed E-state index contributed by atoms with van der Waals surface area (Å²) in [6.45, 7) is 5.40. The molecule has 7 heteroatoms. The van der Waals surface area contributed by atoms with Gasteiger partial charge in [0, 0.05) is 39.3 Å². The number of likely N-dealkylation sites (N-methyl/N-ethyl adjacent to an activating group) is 1. The summed E-state index contributed by atoms with van der Waals surface area (Å²) >= 11 is 0. The van der Waals surface area contributed by atoms with Crippen molar-refractivity contribution in [3.8, 4) is 5.75 Å². The van der Waals surface area contributed by atoms with Gasteiger partial charge in [-0.05, 0) is 44.4 Å². The lowest BCUT2D eigenvalue weighted by Crippen LogP contribution is -2.49. The lowest BCUT2D eigenvalue weighted by molar-refractivity contribution is -0.133. The van der Waals surface area contributed by atoms with Crippen molar-refractivity contribution in [2.24, 2.45) is 0 Å². The van der Waals surface area contributed by atoms with Gasteiger partial charge in [0.2, 0.25) is 5.91 Å². The number of hydrogen-bond donors (Lipinski definition) is 2. The van der Waals surface area contributed by atoms with Gasteiger partial charge in [-0.2, -0.15) is 0 Å². The number of aliphatic hydroxyl groups is 2. The van der Waals surface area contributed by atoms with E-state index in [9.17, 15) is 15.0 Å². The summed E-state index contributed by atoms with van der Waals surface area (Å²) < 4.78 is 5.77. The first-order valence-electron chi connectivity index (χ1n) is 10.8. The number of piperazine rings is 1. The molecule has 2 N–H and O–H groups in total. The van der Waals surface area contributed by atoms with Crippen molar-refractivity contribution in [1.82, 2.24) is 14.7 Å². The molecule has 0 spiro atoms. The van der Waals surface area contributed by atoms with Crippen LogP contribution in [0.25, 0.3) is 0 Å². The Balaban J connectivity index is 1.61. The van der Waals surface area contributed by atoms with E-state index < -0.39 is 12.2 Å². The van der Waals surface area contributed by atoms with Gasteiger partial charge < -0.3 is 24.7 Å². The highest BCUT2D eigenvalue weighted by atomic mass is 16.5. The van der Waals surface area contributed by atoms with Crippen LogP contribution in [-0.2, 0) is 11.2 Å². The van der Waals surface area contributed by atoms with Gasteiger partial charge in [0.25, 0.3) is 0 Å². The van der Waals surface area contributed by atoms with Crippen molar-refractivity contribution >= 4 is 5.91 Å². The first-order chi connectivity index (χ1) is 14.0. The van der Waals surface area contributed by atoms with E-state index in [1.807, 2.05) is 29.2 Å². The molecule has 0 saturated carbocycles. The second-order valence-corrected chi connectivity index (χ2v) is 8.26. The second-order valence-electron chi connectivity index (χ2n) is 8.26. The normalized spacial score (nSPS) is 25.8. The maximum Gasteiger partial charge on any atom is 0.236 e. The van der Waals surface area contributed by atoms with Crippen LogP contribution in [0.15, 0.2) is 24.3 Å². The van der Waals surface area contributed by atoms with Gasteiger partial charge in [-0.15, -0.1) is 0 Å². The van der Waals surface area contributed by atoms with Crippen LogP contribution in [0.1, 0.15) is 24.8 Å². The molecule has 0 unspecified atom stereocenters. The van der Waals surface area contributed by atoms with Crippen LogP contribution in [0.2, 0.25) is 0 Å². The molecule has 7 nitrogen and oxygen atoms in total. The van der Waals surface area contributed by atoms with Gasteiger partial charge in [0.15, 0.2) is 0 Å². The number of fused-ring (bicyclic) bond motifs is 1. The third-order valence-corrected chi connectivity index (χ3v) is 5.95. The quantitative estimate of drug-likeness (QED) is 0.750. The van der Waals surface area contributed by atoms with E-state index in [1.165, 1.54) is 0 Å². The third kappa shape index (κ3) is 6.67. The zero-order chi connectivity index (χ0) is 20.6. The number of carbonyl (C=O) groups excluding carboxylic acids is 1. The van der Waals surface area contributed by atoms with Gasteiger partial charge in [-0.3, -0.25) is 9.69 Å². The van der Waals surface area contributed by atoms with E-state index in [1.54, 1.807) is 0 Å². The van der Waals surface area contributed by atoms with Gasteiger partial charge in [0.05, 0.1) is 12.6 Å². The summed E-state index contributed by atoms with van der Waals surface area (Å²) in [4.78, 5) is 19.3. The van der Waals surface area contributed by atoms with Crippen LogP contribution < -0.4 is 4.74 Å². The number of benzene rings is 1. The Morgan fingerprint density at radius 2 is 1.79 bits per heavy atom. The van der Waals surface area contributed by atoms with Crippen molar-refractivity contribution in [3.63, 3.8) is 0 Å². The fourth-order valence-corrected chi connectivity index (χ4v) is 3.89. The highest BCUT2D eigenvalue weighted by Crippen LogP contribution is 2.21. The van der Waals surface area contributed by atoms with E-state index in [0.29, 0.717) is 26.1 Å².